The van der Waals surface area contributed by atoms with Gasteiger partial charge >= 0.3 is 0 Å². The quantitative estimate of drug-likeness (QED) is 0.274. The number of aryl methyl sites for hydroxylation is 1. The normalized spacial score (nSPS) is 14.1. The third kappa shape index (κ3) is 6.31. The minimum atomic E-state index is -0.335. The van der Waals surface area contributed by atoms with Crippen LogP contribution in [0.1, 0.15) is 18.1 Å². The van der Waals surface area contributed by atoms with E-state index in [9.17, 15) is 9.59 Å². The van der Waals surface area contributed by atoms with Crippen molar-refractivity contribution in [3.05, 3.63) is 82.8 Å². The Morgan fingerprint density at radius 3 is 2.59 bits per heavy atom. The third-order valence-electron chi connectivity index (χ3n) is 5.36. The average molecular weight is 535 g/mol. The highest BCUT2D eigenvalue weighted by atomic mass is 32.2. The number of hydrogen-bond acceptors (Lipinski definition) is 7. The van der Waals surface area contributed by atoms with Crippen molar-refractivity contribution < 1.29 is 23.8 Å². The first kappa shape index (κ1) is 26.2. The van der Waals surface area contributed by atoms with E-state index in [4.69, 9.17) is 26.4 Å². The molecule has 7 nitrogen and oxygen atoms in total. The van der Waals surface area contributed by atoms with Crippen molar-refractivity contribution in [2.75, 3.05) is 30.5 Å². The number of nitrogens with one attached hydrogen (secondary N) is 1. The Labute approximate surface area is 225 Å². The van der Waals surface area contributed by atoms with Crippen molar-refractivity contribution >= 4 is 57.6 Å². The number of carbonyl (C=O) groups is 2. The fraction of sp³-hybridized carbons (Fsp3) is 0.179. The van der Waals surface area contributed by atoms with Crippen LogP contribution in [0, 0.1) is 6.92 Å². The molecule has 1 aliphatic rings. The maximum atomic E-state index is 13.1. The van der Waals surface area contributed by atoms with Gasteiger partial charge in [0.05, 0.1) is 30.0 Å². The fourth-order valence-electron chi connectivity index (χ4n) is 3.68. The number of thiocarbonyl (C=S) groups is 1. The van der Waals surface area contributed by atoms with Gasteiger partial charge in [0, 0.05) is 0 Å². The summed E-state index contributed by atoms with van der Waals surface area (Å²) in [5.74, 6) is 0.917. The molecule has 0 bridgehead atoms. The highest BCUT2D eigenvalue weighted by Crippen LogP contribution is 2.37. The number of ether oxygens (including phenoxy) is 3. The number of carbonyl (C=O) groups excluding carboxylic acids is 2. The second kappa shape index (κ2) is 11.9. The summed E-state index contributed by atoms with van der Waals surface area (Å²) < 4.78 is 17.2. The molecule has 4 rings (SSSR count). The van der Waals surface area contributed by atoms with Crippen LogP contribution in [0.15, 0.2) is 71.6 Å². The second-order valence-electron chi connectivity index (χ2n) is 8.03. The molecule has 1 fully saturated rings. The number of rotatable bonds is 9. The minimum Gasteiger partial charge on any atom is -0.493 e. The number of anilines is 2. The average Bonchev–Trinajstić information content (AvgIpc) is 3.16. The van der Waals surface area contributed by atoms with Crippen molar-refractivity contribution in [3.8, 4) is 17.2 Å². The number of hydrogen-bond donors (Lipinski definition) is 1. The molecule has 1 aliphatic heterocycles. The summed E-state index contributed by atoms with van der Waals surface area (Å²) in [5.41, 5.74) is 3.10. The SMILES string of the molecule is CCOc1ccccc1NC(=O)COc1ccc(/C=C2\SC(=S)N(c3cccc(C)c3)C2=O)cc1OC. The van der Waals surface area contributed by atoms with Crippen LogP contribution in [-0.2, 0) is 9.59 Å². The molecule has 2 amide bonds. The van der Waals surface area contributed by atoms with Crippen LogP contribution in [-0.4, -0.2) is 36.5 Å². The molecule has 0 aliphatic carbocycles. The van der Waals surface area contributed by atoms with Crippen LogP contribution in [0.5, 0.6) is 17.2 Å². The fourth-order valence-corrected chi connectivity index (χ4v) is 4.98. The smallest absolute Gasteiger partial charge is 0.270 e. The molecular weight excluding hydrogens is 508 g/mol. The first-order valence-corrected chi connectivity index (χ1v) is 12.8. The molecule has 0 unspecified atom stereocenters. The molecule has 9 heteroatoms. The first-order valence-electron chi connectivity index (χ1n) is 11.6. The highest BCUT2D eigenvalue weighted by Gasteiger charge is 2.33. The van der Waals surface area contributed by atoms with Crippen molar-refractivity contribution in [2.45, 2.75) is 13.8 Å². The van der Waals surface area contributed by atoms with Crippen LogP contribution in [0.3, 0.4) is 0 Å². The van der Waals surface area contributed by atoms with Gasteiger partial charge in [0.2, 0.25) is 0 Å². The van der Waals surface area contributed by atoms with Gasteiger partial charge in [-0.15, -0.1) is 0 Å². The summed E-state index contributed by atoms with van der Waals surface area (Å²) in [5, 5.41) is 2.80. The van der Waals surface area contributed by atoms with Gasteiger partial charge in [0.25, 0.3) is 11.8 Å². The zero-order chi connectivity index (χ0) is 26.4. The summed E-state index contributed by atoms with van der Waals surface area (Å²) in [6.45, 7) is 4.12. The molecule has 0 atom stereocenters. The number of nitrogens with zero attached hydrogens (tertiary/aromatic N) is 1. The van der Waals surface area contributed by atoms with Crippen LogP contribution in [0.2, 0.25) is 0 Å². The zero-order valence-corrected chi connectivity index (χ0v) is 22.3. The minimum absolute atomic E-state index is 0.177. The van der Waals surface area contributed by atoms with E-state index >= 15 is 0 Å². The molecule has 0 spiro atoms. The summed E-state index contributed by atoms with van der Waals surface area (Å²) in [7, 11) is 1.52. The lowest BCUT2D eigenvalue weighted by Gasteiger charge is -2.15. The molecule has 37 heavy (non-hydrogen) atoms. The first-order chi connectivity index (χ1) is 17.9. The topological polar surface area (TPSA) is 77.1 Å². The number of benzene rings is 3. The van der Waals surface area contributed by atoms with Gasteiger partial charge in [-0.2, -0.15) is 0 Å². The maximum absolute atomic E-state index is 13.1. The van der Waals surface area contributed by atoms with E-state index in [0.29, 0.717) is 38.8 Å². The molecule has 190 valence electrons. The molecule has 0 aromatic heterocycles. The van der Waals surface area contributed by atoms with E-state index in [-0.39, 0.29) is 18.4 Å². The third-order valence-corrected chi connectivity index (χ3v) is 6.66. The van der Waals surface area contributed by atoms with Crippen LogP contribution in [0.4, 0.5) is 11.4 Å². The largest absolute Gasteiger partial charge is 0.493 e. The summed E-state index contributed by atoms with van der Waals surface area (Å²) >= 11 is 6.72. The van der Waals surface area contributed by atoms with Crippen LogP contribution in [0.25, 0.3) is 6.08 Å². The molecule has 3 aromatic carbocycles. The second-order valence-corrected chi connectivity index (χ2v) is 9.71. The Balaban J connectivity index is 1.44. The van der Waals surface area contributed by atoms with Crippen molar-refractivity contribution in [2.24, 2.45) is 0 Å². The van der Waals surface area contributed by atoms with Gasteiger partial charge in [-0.05, 0) is 67.4 Å². The molecule has 1 N–H and O–H groups in total. The van der Waals surface area contributed by atoms with E-state index in [0.717, 1.165) is 16.8 Å². The Morgan fingerprint density at radius 2 is 1.84 bits per heavy atom. The number of thioether (sulfide) groups is 1. The molecule has 0 saturated carbocycles. The molecule has 3 aromatic rings. The van der Waals surface area contributed by atoms with Gasteiger partial charge in [-0.3, -0.25) is 14.5 Å². The van der Waals surface area contributed by atoms with E-state index in [1.165, 1.54) is 23.8 Å². The Kier molecular flexibility index (Phi) is 8.47. The monoisotopic (exact) mass is 534 g/mol. The van der Waals surface area contributed by atoms with Gasteiger partial charge in [0.1, 0.15) is 5.75 Å². The molecule has 1 saturated heterocycles. The number of methoxy groups -OCH3 is 1. The standard InChI is InChI=1S/C28H26N2O5S2/c1-4-34-22-11-6-5-10-21(22)29-26(31)17-35-23-13-12-19(15-24(23)33-3)16-25-27(32)30(28(36)37-25)20-9-7-8-18(2)14-20/h5-16H,4,17H2,1-3H3,(H,29,31)/b25-16-. The number of amides is 2. The van der Waals surface area contributed by atoms with Gasteiger partial charge in [0.15, 0.2) is 22.4 Å². The Hall–Kier alpha value is -3.82. The summed E-state index contributed by atoms with van der Waals surface area (Å²) in [6, 6.07) is 20.1. The summed E-state index contributed by atoms with van der Waals surface area (Å²) in [6.07, 6.45) is 1.76. The highest BCUT2D eigenvalue weighted by molar-refractivity contribution is 8.27. The van der Waals surface area contributed by atoms with Crippen LogP contribution >= 0.6 is 24.0 Å². The van der Waals surface area contributed by atoms with E-state index < -0.39 is 0 Å². The zero-order valence-electron chi connectivity index (χ0n) is 20.6. The molecule has 1 heterocycles. The van der Waals surface area contributed by atoms with Crippen LogP contribution < -0.4 is 24.4 Å². The number of para-hydroxylation sites is 2. The predicted octanol–water partition coefficient (Wildman–Crippen LogP) is 5.83. The lowest BCUT2D eigenvalue weighted by Crippen LogP contribution is -2.27. The lowest BCUT2D eigenvalue weighted by molar-refractivity contribution is -0.118. The Morgan fingerprint density at radius 1 is 1.03 bits per heavy atom. The van der Waals surface area contributed by atoms with E-state index in [1.807, 2.05) is 50.2 Å². The Bertz CT molecular complexity index is 1370. The van der Waals surface area contributed by atoms with Crippen molar-refractivity contribution in [1.82, 2.24) is 0 Å². The van der Waals surface area contributed by atoms with Gasteiger partial charge < -0.3 is 19.5 Å². The molecular formula is C28H26N2O5S2. The predicted molar refractivity (Wildman–Crippen MR) is 152 cm³/mol. The van der Waals surface area contributed by atoms with Gasteiger partial charge in [-0.25, -0.2) is 0 Å². The van der Waals surface area contributed by atoms with E-state index in [2.05, 4.69) is 5.32 Å². The summed E-state index contributed by atoms with van der Waals surface area (Å²) in [4.78, 5) is 27.6. The van der Waals surface area contributed by atoms with E-state index in [1.54, 1.807) is 36.4 Å². The van der Waals surface area contributed by atoms with Crippen molar-refractivity contribution in [3.63, 3.8) is 0 Å². The molecule has 0 radical (unpaired) electrons. The maximum Gasteiger partial charge on any atom is 0.270 e. The van der Waals surface area contributed by atoms with Crippen molar-refractivity contribution in [1.29, 1.82) is 0 Å². The van der Waals surface area contributed by atoms with Gasteiger partial charge in [-0.1, -0.05) is 54.3 Å². The lowest BCUT2D eigenvalue weighted by atomic mass is 10.1.